The molecule has 1 heterocycles. The van der Waals surface area contributed by atoms with Crippen LogP contribution in [0.1, 0.15) is 37.7 Å². The van der Waals surface area contributed by atoms with Gasteiger partial charge in [0.1, 0.15) is 6.07 Å². The van der Waals surface area contributed by atoms with Crippen LogP contribution < -0.4 is 0 Å². The summed E-state index contributed by atoms with van der Waals surface area (Å²) < 4.78 is 1.91. The fourth-order valence-electron chi connectivity index (χ4n) is 2.16. The van der Waals surface area contributed by atoms with Gasteiger partial charge in [0.15, 0.2) is 0 Å². The fraction of sp³-hybridized carbons (Fsp3) is 0.636. The van der Waals surface area contributed by atoms with E-state index in [1.165, 1.54) is 32.1 Å². The monoisotopic (exact) mass is 189 g/mol. The minimum Gasteiger partial charge on any atom is -0.271 e. The largest absolute Gasteiger partial charge is 0.271 e. The molecule has 0 spiro atoms. The summed E-state index contributed by atoms with van der Waals surface area (Å²) in [6, 6.07) is 2.10. The van der Waals surface area contributed by atoms with Gasteiger partial charge in [-0.05, 0) is 18.8 Å². The minimum absolute atomic E-state index is 0.667. The van der Waals surface area contributed by atoms with Gasteiger partial charge in [-0.1, -0.05) is 19.3 Å². The lowest BCUT2D eigenvalue weighted by molar-refractivity contribution is 0.308. The summed E-state index contributed by atoms with van der Waals surface area (Å²) in [5, 5.41) is 12.8. The third kappa shape index (κ3) is 2.14. The molecule has 74 valence electrons. The molecule has 1 aliphatic carbocycles. The second-order valence-corrected chi connectivity index (χ2v) is 4.07. The van der Waals surface area contributed by atoms with E-state index in [0.29, 0.717) is 5.56 Å². The molecule has 1 aliphatic rings. The maximum absolute atomic E-state index is 8.65. The zero-order valence-electron chi connectivity index (χ0n) is 8.32. The Hall–Kier alpha value is -1.30. The highest BCUT2D eigenvalue weighted by Gasteiger charge is 2.14. The first-order chi connectivity index (χ1) is 6.88. The molecule has 0 aliphatic heterocycles. The van der Waals surface area contributed by atoms with Gasteiger partial charge >= 0.3 is 0 Å². The summed E-state index contributed by atoms with van der Waals surface area (Å²) in [6.45, 7) is 0.988. The van der Waals surface area contributed by atoms with Crippen LogP contribution in [-0.4, -0.2) is 9.78 Å². The average Bonchev–Trinajstić information content (AvgIpc) is 2.67. The van der Waals surface area contributed by atoms with Crippen LogP contribution in [0.4, 0.5) is 0 Å². The van der Waals surface area contributed by atoms with Crippen LogP contribution in [0.3, 0.4) is 0 Å². The van der Waals surface area contributed by atoms with E-state index in [9.17, 15) is 0 Å². The fourth-order valence-corrected chi connectivity index (χ4v) is 2.16. The smallest absolute Gasteiger partial charge is 0.102 e. The molecule has 0 N–H and O–H groups in total. The van der Waals surface area contributed by atoms with Crippen molar-refractivity contribution in [2.24, 2.45) is 5.92 Å². The predicted molar refractivity (Wildman–Crippen MR) is 53.5 cm³/mol. The standard InChI is InChI=1S/C11H15N3/c12-6-11-7-13-14(9-11)8-10-4-2-1-3-5-10/h7,9-10H,1-5,8H2. The lowest BCUT2D eigenvalue weighted by Gasteiger charge is -2.21. The van der Waals surface area contributed by atoms with Gasteiger partial charge in [-0.3, -0.25) is 4.68 Å². The highest BCUT2D eigenvalue weighted by atomic mass is 15.3. The molecular formula is C11H15N3. The highest BCUT2D eigenvalue weighted by molar-refractivity contribution is 5.21. The summed E-state index contributed by atoms with van der Waals surface area (Å²) >= 11 is 0. The van der Waals surface area contributed by atoms with Crippen molar-refractivity contribution in [3.8, 4) is 6.07 Å². The summed E-state index contributed by atoms with van der Waals surface area (Å²) in [4.78, 5) is 0. The maximum atomic E-state index is 8.65. The van der Waals surface area contributed by atoms with Crippen molar-refractivity contribution >= 4 is 0 Å². The van der Waals surface area contributed by atoms with Gasteiger partial charge in [0.25, 0.3) is 0 Å². The van der Waals surface area contributed by atoms with Crippen LogP contribution in [0, 0.1) is 17.2 Å². The first-order valence-corrected chi connectivity index (χ1v) is 5.31. The van der Waals surface area contributed by atoms with Crippen LogP contribution in [0.2, 0.25) is 0 Å². The second kappa shape index (κ2) is 4.28. The molecule has 1 saturated carbocycles. The van der Waals surface area contributed by atoms with E-state index in [4.69, 9.17) is 5.26 Å². The molecule has 0 amide bonds. The van der Waals surface area contributed by atoms with Crippen LogP contribution >= 0.6 is 0 Å². The van der Waals surface area contributed by atoms with Gasteiger partial charge in [-0.2, -0.15) is 10.4 Å². The van der Waals surface area contributed by atoms with E-state index in [1.54, 1.807) is 6.20 Å². The van der Waals surface area contributed by atoms with Crippen LogP contribution in [0.5, 0.6) is 0 Å². The third-order valence-electron chi connectivity index (χ3n) is 2.93. The molecule has 0 saturated heterocycles. The number of rotatable bonds is 2. The Labute approximate surface area is 84.3 Å². The van der Waals surface area contributed by atoms with E-state index in [2.05, 4.69) is 11.2 Å². The lowest BCUT2D eigenvalue weighted by Crippen LogP contribution is -2.14. The molecular weight excluding hydrogens is 174 g/mol. The van der Waals surface area contributed by atoms with Crippen molar-refractivity contribution in [2.45, 2.75) is 38.6 Å². The normalized spacial score (nSPS) is 17.9. The third-order valence-corrected chi connectivity index (χ3v) is 2.93. The van der Waals surface area contributed by atoms with Gasteiger partial charge in [-0.25, -0.2) is 0 Å². The number of hydrogen-bond donors (Lipinski definition) is 0. The van der Waals surface area contributed by atoms with Gasteiger partial charge in [0.05, 0.1) is 11.8 Å². The summed E-state index contributed by atoms with van der Waals surface area (Å²) in [5.74, 6) is 0.773. The number of nitrogens with zero attached hydrogens (tertiary/aromatic N) is 3. The van der Waals surface area contributed by atoms with Crippen molar-refractivity contribution in [3.63, 3.8) is 0 Å². The second-order valence-electron chi connectivity index (χ2n) is 4.07. The lowest BCUT2D eigenvalue weighted by atomic mass is 9.89. The van der Waals surface area contributed by atoms with Crippen molar-refractivity contribution in [2.75, 3.05) is 0 Å². The van der Waals surface area contributed by atoms with E-state index < -0.39 is 0 Å². The van der Waals surface area contributed by atoms with Crippen molar-refractivity contribution in [3.05, 3.63) is 18.0 Å². The Morgan fingerprint density at radius 3 is 2.86 bits per heavy atom. The first kappa shape index (κ1) is 9.26. The Morgan fingerprint density at radius 1 is 1.43 bits per heavy atom. The van der Waals surface area contributed by atoms with Crippen LogP contribution in [-0.2, 0) is 6.54 Å². The van der Waals surface area contributed by atoms with Crippen LogP contribution in [0.15, 0.2) is 12.4 Å². The molecule has 0 bridgehead atoms. The van der Waals surface area contributed by atoms with Gasteiger partial charge < -0.3 is 0 Å². The number of hydrogen-bond acceptors (Lipinski definition) is 2. The van der Waals surface area contributed by atoms with Crippen LogP contribution in [0.25, 0.3) is 0 Å². The number of aromatic nitrogens is 2. The molecule has 0 unspecified atom stereocenters. The molecule has 3 heteroatoms. The van der Waals surface area contributed by atoms with Gasteiger partial charge in [-0.15, -0.1) is 0 Å². The SMILES string of the molecule is N#Cc1cnn(CC2CCCCC2)c1. The molecule has 0 radical (unpaired) electrons. The van der Waals surface area contributed by atoms with Crippen molar-refractivity contribution in [1.82, 2.24) is 9.78 Å². The molecule has 2 rings (SSSR count). The van der Waals surface area contributed by atoms with Gasteiger partial charge in [0.2, 0.25) is 0 Å². The average molecular weight is 189 g/mol. The molecule has 0 atom stereocenters. The van der Waals surface area contributed by atoms with Crippen molar-refractivity contribution in [1.29, 1.82) is 5.26 Å². The van der Waals surface area contributed by atoms with Gasteiger partial charge in [0, 0.05) is 12.7 Å². The molecule has 1 aromatic rings. The Balaban J connectivity index is 1.93. The first-order valence-electron chi connectivity index (χ1n) is 5.31. The Kier molecular flexibility index (Phi) is 2.83. The van der Waals surface area contributed by atoms with E-state index >= 15 is 0 Å². The summed E-state index contributed by atoms with van der Waals surface area (Å²) in [6.07, 6.45) is 10.2. The number of nitriles is 1. The zero-order valence-corrected chi connectivity index (χ0v) is 8.32. The van der Waals surface area contributed by atoms with E-state index in [-0.39, 0.29) is 0 Å². The molecule has 1 aromatic heterocycles. The molecule has 0 aromatic carbocycles. The van der Waals surface area contributed by atoms with E-state index in [1.807, 2.05) is 10.9 Å². The topological polar surface area (TPSA) is 41.6 Å². The summed E-state index contributed by atoms with van der Waals surface area (Å²) in [5.41, 5.74) is 0.667. The maximum Gasteiger partial charge on any atom is 0.102 e. The van der Waals surface area contributed by atoms with Crippen molar-refractivity contribution < 1.29 is 0 Å². The minimum atomic E-state index is 0.667. The Bertz CT molecular complexity index is 329. The zero-order chi connectivity index (χ0) is 9.80. The molecule has 1 fully saturated rings. The highest BCUT2D eigenvalue weighted by Crippen LogP contribution is 2.24. The van der Waals surface area contributed by atoms with E-state index in [0.717, 1.165) is 12.5 Å². The Morgan fingerprint density at radius 2 is 2.21 bits per heavy atom. The molecule has 14 heavy (non-hydrogen) atoms. The molecule has 3 nitrogen and oxygen atoms in total. The summed E-state index contributed by atoms with van der Waals surface area (Å²) in [7, 11) is 0. The predicted octanol–water partition coefficient (Wildman–Crippen LogP) is 2.34. The quantitative estimate of drug-likeness (QED) is 0.716.